The molecule has 0 saturated heterocycles. The van der Waals surface area contributed by atoms with Crippen molar-refractivity contribution in [3.8, 4) is 0 Å². The van der Waals surface area contributed by atoms with E-state index in [-0.39, 0.29) is 5.78 Å². The molecule has 1 aromatic rings. The molecule has 1 nitrogen and oxygen atoms in total. The Morgan fingerprint density at radius 1 is 1.33 bits per heavy atom. The number of benzene rings is 1. The Bertz CT molecular complexity index is 402. The molecule has 1 aliphatic rings. The predicted molar refractivity (Wildman–Crippen MR) is 62.7 cm³/mol. The maximum atomic E-state index is 11.4. The van der Waals surface area contributed by atoms with Crippen LogP contribution in [0.4, 0.5) is 0 Å². The van der Waals surface area contributed by atoms with Crippen LogP contribution in [0.3, 0.4) is 0 Å². The van der Waals surface area contributed by atoms with E-state index in [2.05, 4.69) is 24.3 Å². The van der Waals surface area contributed by atoms with Crippen LogP contribution in [0.1, 0.15) is 37.3 Å². The highest BCUT2D eigenvalue weighted by molar-refractivity contribution is 5.97. The Morgan fingerprint density at radius 3 is 2.93 bits per heavy atom. The van der Waals surface area contributed by atoms with Gasteiger partial charge in [0.15, 0.2) is 5.78 Å². The monoisotopic (exact) mass is 200 g/mol. The van der Waals surface area contributed by atoms with E-state index < -0.39 is 0 Å². The van der Waals surface area contributed by atoms with E-state index in [1.54, 1.807) is 0 Å². The van der Waals surface area contributed by atoms with Crippen LogP contribution in [-0.4, -0.2) is 5.78 Å². The zero-order valence-electron chi connectivity index (χ0n) is 9.12. The van der Waals surface area contributed by atoms with Gasteiger partial charge in [0.1, 0.15) is 0 Å². The van der Waals surface area contributed by atoms with Crippen molar-refractivity contribution in [2.24, 2.45) is 0 Å². The largest absolute Gasteiger partial charge is 0.295 e. The number of aryl methyl sites for hydroxylation is 1. The molecule has 0 aliphatic heterocycles. The van der Waals surface area contributed by atoms with Gasteiger partial charge >= 0.3 is 0 Å². The molecule has 0 unspecified atom stereocenters. The molecule has 1 heteroatoms. The molecule has 0 heterocycles. The minimum Gasteiger partial charge on any atom is -0.295 e. The summed E-state index contributed by atoms with van der Waals surface area (Å²) in [6, 6.07) is 8.42. The van der Waals surface area contributed by atoms with Gasteiger partial charge in [-0.15, -0.1) is 0 Å². The highest BCUT2D eigenvalue weighted by Gasteiger charge is 2.13. The van der Waals surface area contributed by atoms with Gasteiger partial charge in [0.2, 0.25) is 0 Å². The molecule has 1 aromatic carbocycles. The molecule has 0 radical (unpaired) electrons. The van der Waals surface area contributed by atoms with Crippen molar-refractivity contribution >= 4 is 11.4 Å². The fourth-order valence-electron chi connectivity index (χ4n) is 2.10. The van der Waals surface area contributed by atoms with Crippen LogP contribution in [0.15, 0.2) is 30.3 Å². The second-order valence-electron chi connectivity index (χ2n) is 4.00. The summed E-state index contributed by atoms with van der Waals surface area (Å²) in [6.45, 7) is 1.91. The Morgan fingerprint density at radius 2 is 2.13 bits per heavy atom. The molecule has 1 aliphatic carbocycles. The molecule has 0 N–H and O–H groups in total. The molecule has 0 fully saturated rings. The lowest BCUT2D eigenvalue weighted by Crippen LogP contribution is -2.03. The van der Waals surface area contributed by atoms with Gasteiger partial charge in [-0.2, -0.15) is 0 Å². The fraction of sp³-hybridized carbons (Fsp3) is 0.357. The van der Waals surface area contributed by atoms with Crippen molar-refractivity contribution in [1.29, 1.82) is 0 Å². The molecule has 78 valence electrons. The van der Waals surface area contributed by atoms with Gasteiger partial charge in [-0.3, -0.25) is 4.79 Å². The van der Waals surface area contributed by atoms with Crippen molar-refractivity contribution in [2.45, 2.75) is 32.6 Å². The van der Waals surface area contributed by atoms with Gasteiger partial charge in [-0.1, -0.05) is 31.2 Å². The normalized spacial score (nSPS) is 17.5. The van der Waals surface area contributed by atoms with E-state index >= 15 is 0 Å². The summed E-state index contributed by atoms with van der Waals surface area (Å²) in [5.41, 5.74) is 3.90. The van der Waals surface area contributed by atoms with E-state index in [0.717, 1.165) is 12.8 Å². The Labute approximate surface area is 90.8 Å². The van der Waals surface area contributed by atoms with Crippen LogP contribution in [0.25, 0.3) is 5.57 Å². The molecule has 2 rings (SSSR count). The van der Waals surface area contributed by atoms with E-state index in [0.29, 0.717) is 6.42 Å². The summed E-state index contributed by atoms with van der Waals surface area (Å²) < 4.78 is 0. The first-order chi connectivity index (χ1) is 7.31. The standard InChI is InChI=1S/C14H16O/c1-2-13(15)10-12-8-5-7-11-6-3-4-9-14(11)12/h3-4,6,9-10H,2,5,7-8H2,1H3. The molecule has 15 heavy (non-hydrogen) atoms. The first-order valence-electron chi connectivity index (χ1n) is 5.63. The third-order valence-electron chi connectivity index (χ3n) is 2.94. The maximum Gasteiger partial charge on any atom is 0.155 e. The summed E-state index contributed by atoms with van der Waals surface area (Å²) in [5.74, 6) is 0.238. The average Bonchev–Trinajstić information content (AvgIpc) is 2.29. The number of carbonyl (C=O) groups excluding carboxylic acids is 1. The molecule has 0 amide bonds. The van der Waals surface area contributed by atoms with Gasteiger partial charge < -0.3 is 0 Å². The van der Waals surface area contributed by atoms with Gasteiger partial charge in [-0.25, -0.2) is 0 Å². The Kier molecular flexibility index (Phi) is 3.00. The number of carbonyl (C=O) groups is 1. The summed E-state index contributed by atoms with van der Waals surface area (Å²) in [4.78, 5) is 11.4. The lowest BCUT2D eigenvalue weighted by Gasteiger charge is -2.18. The molecule has 0 spiro atoms. The van der Waals surface area contributed by atoms with Crippen molar-refractivity contribution in [1.82, 2.24) is 0 Å². The molecule has 0 saturated carbocycles. The highest BCUT2D eigenvalue weighted by atomic mass is 16.1. The number of hydrogen-bond donors (Lipinski definition) is 0. The maximum absolute atomic E-state index is 11.4. The fourth-order valence-corrected chi connectivity index (χ4v) is 2.10. The molecule has 0 bridgehead atoms. The topological polar surface area (TPSA) is 17.1 Å². The Hall–Kier alpha value is -1.37. The number of hydrogen-bond acceptors (Lipinski definition) is 1. The molecular formula is C14H16O. The van der Waals surface area contributed by atoms with E-state index in [4.69, 9.17) is 0 Å². The first-order valence-corrected chi connectivity index (χ1v) is 5.63. The lowest BCUT2D eigenvalue weighted by molar-refractivity contribution is -0.114. The van der Waals surface area contributed by atoms with E-state index in [1.165, 1.54) is 23.1 Å². The summed E-state index contributed by atoms with van der Waals surface area (Å²) in [5, 5.41) is 0. The van der Waals surface area contributed by atoms with Crippen LogP contribution in [0.5, 0.6) is 0 Å². The van der Waals surface area contributed by atoms with Crippen LogP contribution < -0.4 is 0 Å². The average molecular weight is 200 g/mol. The molecular weight excluding hydrogens is 184 g/mol. The van der Waals surface area contributed by atoms with Gasteiger partial charge in [0.25, 0.3) is 0 Å². The van der Waals surface area contributed by atoms with Crippen molar-refractivity contribution < 1.29 is 4.79 Å². The van der Waals surface area contributed by atoms with Crippen LogP contribution in [0.2, 0.25) is 0 Å². The van der Waals surface area contributed by atoms with Crippen LogP contribution >= 0.6 is 0 Å². The zero-order valence-corrected chi connectivity index (χ0v) is 9.12. The number of fused-ring (bicyclic) bond motifs is 1. The van der Waals surface area contributed by atoms with E-state index in [1.807, 2.05) is 13.0 Å². The number of ketones is 1. The predicted octanol–water partition coefficient (Wildman–Crippen LogP) is 3.39. The van der Waals surface area contributed by atoms with Gasteiger partial charge in [0.05, 0.1) is 0 Å². The summed E-state index contributed by atoms with van der Waals surface area (Å²) in [7, 11) is 0. The third kappa shape index (κ3) is 2.17. The SMILES string of the molecule is CCC(=O)C=C1CCCc2ccccc21. The minimum atomic E-state index is 0.238. The minimum absolute atomic E-state index is 0.238. The smallest absolute Gasteiger partial charge is 0.155 e. The number of allylic oxidation sites excluding steroid dienone is 2. The first kappa shape index (κ1) is 10.2. The zero-order chi connectivity index (χ0) is 10.7. The summed E-state index contributed by atoms with van der Waals surface area (Å²) in [6.07, 6.45) is 5.79. The quantitative estimate of drug-likeness (QED) is 0.669. The van der Waals surface area contributed by atoms with Gasteiger partial charge in [0, 0.05) is 6.42 Å². The van der Waals surface area contributed by atoms with Crippen molar-refractivity contribution in [3.63, 3.8) is 0 Å². The van der Waals surface area contributed by atoms with Crippen molar-refractivity contribution in [2.75, 3.05) is 0 Å². The second-order valence-corrected chi connectivity index (χ2v) is 4.00. The third-order valence-corrected chi connectivity index (χ3v) is 2.94. The second kappa shape index (κ2) is 4.43. The lowest BCUT2D eigenvalue weighted by atomic mass is 9.87. The molecule has 0 atom stereocenters. The van der Waals surface area contributed by atoms with Gasteiger partial charge in [-0.05, 0) is 42.0 Å². The van der Waals surface area contributed by atoms with Crippen molar-refractivity contribution in [3.05, 3.63) is 41.5 Å². The van der Waals surface area contributed by atoms with Crippen LogP contribution in [0, 0.1) is 0 Å². The van der Waals surface area contributed by atoms with E-state index in [9.17, 15) is 4.79 Å². The number of rotatable bonds is 2. The molecule has 0 aromatic heterocycles. The Balaban J connectivity index is 2.37. The highest BCUT2D eigenvalue weighted by Crippen LogP contribution is 2.30. The van der Waals surface area contributed by atoms with Crippen LogP contribution in [-0.2, 0) is 11.2 Å². The summed E-state index contributed by atoms with van der Waals surface area (Å²) >= 11 is 0.